The highest BCUT2D eigenvalue weighted by molar-refractivity contribution is 9.10. The summed E-state index contributed by atoms with van der Waals surface area (Å²) in [5, 5.41) is 0. The molecule has 3 nitrogen and oxygen atoms in total. The molecule has 3 rings (SSSR count). The summed E-state index contributed by atoms with van der Waals surface area (Å²) in [5.74, 6) is 0.164. The summed E-state index contributed by atoms with van der Waals surface area (Å²) in [4.78, 5) is 14.0. The number of fused-ring (bicyclic) bond motifs is 3. The molecule has 2 aliphatic rings. The summed E-state index contributed by atoms with van der Waals surface area (Å²) in [7, 11) is 0. The molecule has 23 heavy (non-hydrogen) atoms. The van der Waals surface area contributed by atoms with Crippen LogP contribution in [0.3, 0.4) is 0 Å². The van der Waals surface area contributed by atoms with Crippen LogP contribution >= 0.6 is 27.3 Å². The van der Waals surface area contributed by atoms with Gasteiger partial charge in [0.1, 0.15) is 10.5 Å². The standard InChI is InChI=1S/C15H17BrF3NO2S/c1-14(2,3)22-13(21)20-5-7-4-8-10(16)12(15(17,18)19)23-11(8)9(7)6-20/h7,9H,4-6H2,1-3H3. The van der Waals surface area contributed by atoms with Crippen LogP contribution in [0.1, 0.15) is 42.0 Å². The van der Waals surface area contributed by atoms with Crippen LogP contribution in [0.15, 0.2) is 4.47 Å². The smallest absolute Gasteiger partial charge is 0.426 e. The van der Waals surface area contributed by atoms with Crippen molar-refractivity contribution in [1.29, 1.82) is 0 Å². The summed E-state index contributed by atoms with van der Waals surface area (Å²) in [6.07, 6.45) is -4.15. The summed E-state index contributed by atoms with van der Waals surface area (Å²) in [5.41, 5.74) is 0.191. The van der Waals surface area contributed by atoms with Crippen molar-refractivity contribution in [3.05, 3.63) is 19.8 Å². The van der Waals surface area contributed by atoms with E-state index >= 15 is 0 Å². The molecule has 2 heterocycles. The zero-order valence-corrected chi connectivity index (χ0v) is 15.4. The normalized spacial score (nSPS) is 23.9. The molecule has 1 amide bonds. The molecule has 1 fully saturated rings. The van der Waals surface area contributed by atoms with Crippen LogP contribution in [0.25, 0.3) is 0 Å². The number of likely N-dealkylation sites (tertiary alicyclic amines) is 1. The van der Waals surface area contributed by atoms with E-state index in [1.165, 1.54) is 0 Å². The number of nitrogens with zero attached hydrogens (tertiary/aromatic N) is 1. The van der Waals surface area contributed by atoms with Gasteiger partial charge in [0.15, 0.2) is 0 Å². The van der Waals surface area contributed by atoms with E-state index in [0.717, 1.165) is 21.8 Å². The minimum absolute atomic E-state index is 0.0186. The van der Waals surface area contributed by atoms with E-state index in [1.807, 2.05) is 0 Å². The summed E-state index contributed by atoms with van der Waals surface area (Å²) >= 11 is 3.92. The quantitative estimate of drug-likeness (QED) is 0.598. The molecule has 0 spiro atoms. The van der Waals surface area contributed by atoms with Crippen LogP contribution in [-0.2, 0) is 17.3 Å². The highest BCUT2D eigenvalue weighted by Gasteiger charge is 2.47. The molecule has 2 unspecified atom stereocenters. The molecule has 0 bridgehead atoms. The lowest BCUT2D eigenvalue weighted by Crippen LogP contribution is -2.35. The second kappa shape index (κ2) is 5.37. The Morgan fingerprint density at radius 3 is 2.52 bits per heavy atom. The molecular weight excluding hydrogens is 395 g/mol. The first-order chi connectivity index (χ1) is 10.5. The maximum atomic E-state index is 13.0. The Labute approximate surface area is 144 Å². The Hall–Kier alpha value is -0.760. The molecule has 8 heteroatoms. The van der Waals surface area contributed by atoms with Crippen molar-refractivity contribution >= 4 is 33.4 Å². The van der Waals surface area contributed by atoms with Gasteiger partial charge in [-0.25, -0.2) is 4.79 Å². The van der Waals surface area contributed by atoms with Crippen LogP contribution in [0.5, 0.6) is 0 Å². The Balaban J connectivity index is 1.79. The monoisotopic (exact) mass is 411 g/mol. The number of alkyl halides is 3. The van der Waals surface area contributed by atoms with Crippen LogP contribution in [-0.4, -0.2) is 29.7 Å². The topological polar surface area (TPSA) is 29.5 Å². The van der Waals surface area contributed by atoms with Gasteiger partial charge < -0.3 is 9.64 Å². The lowest BCUT2D eigenvalue weighted by atomic mass is 10.0. The maximum Gasteiger partial charge on any atom is 0.426 e. The first kappa shape index (κ1) is 17.1. The Kier molecular flexibility index (Phi) is 3.99. The molecule has 0 aromatic carbocycles. The summed E-state index contributed by atoms with van der Waals surface area (Å²) < 4.78 is 44.6. The van der Waals surface area contributed by atoms with Gasteiger partial charge in [-0.1, -0.05) is 0 Å². The Morgan fingerprint density at radius 2 is 1.96 bits per heavy atom. The van der Waals surface area contributed by atoms with Crippen LogP contribution < -0.4 is 0 Å². The fourth-order valence-corrected chi connectivity index (χ4v) is 5.50. The molecule has 0 N–H and O–H groups in total. The number of amides is 1. The molecule has 2 atom stereocenters. The fourth-order valence-electron chi connectivity index (χ4n) is 3.25. The van der Waals surface area contributed by atoms with Crippen molar-refractivity contribution < 1.29 is 22.7 Å². The van der Waals surface area contributed by atoms with E-state index in [2.05, 4.69) is 15.9 Å². The minimum Gasteiger partial charge on any atom is -0.444 e. The molecule has 1 aromatic heterocycles. The zero-order chi connectivity index (χ0) is 17.2. The fraction of sp³-hybridized carbons (Fsp3) is 0.667. The van der Waals surface area contributed by atoms with Gasteiger partial charge in [0.05, 0.1) is 0 Å². The average Bonchev–Trinajstić information content (AvgIpc) is 2.96. The van der Waals surface area contributed by atoms with Crippen LogP contribution in [0.4, 0.5) is 18.0 Å². The number of thiophene rings is 1. The second-order valence-corrected chi connectivity index (χ2v) is 8.89. The largest absolute Gasteiger partial charge is 0.444 e. The highest BCUT2D eigenvalue weighted by Crippen LogP contribution is 2.53. The summed E-state index contributed by atoms with van der Waals surface area (Å²) in [6.45, 7) is 6.36. The van der Waals surface area contributed by atoms with Crippen molar-refractivity contribution in [2.45, 2.75) is 44.9 Å². The maximum absolute atomic E-state index is 13.0. The van der Waals surface area contributed by atoms with Gasteiger partial charge in [-0.05, 0) is 54.6 Å². The number of hydrogen-bond donors (Lipinski definition) is 0. The third kappa shape index (κ3) is 3.12. The number of rotatable bonds is 0. The predicted molar refractivity (Wildman–Crippen MR) is 84.8 cm³/mol. The molecule has 1 aromatic rings. The van der Waals surface area contributed by atoms with E-state index in [4.69, 9.17) is 4.74 Å². The Bertz CT molecular complexity index is 650. The van der Waals surface area contributed by atoms with Gasteiger partial charge in [-0.3, -0.25) is 0 Å². The third-order valence-corrected chi connectivity index (χ3v) is 6.67. The van der Waals surface area contributed by atoms with Gasteiger partial charge in [0.2, 0.25) is 0 Å². The second-order valence-electron chi connectivity index (χ2n) is 7.04. The molecule has 0 radical (unpaired) electrons. The molecular formula is C15H17BrF3NO2S. The number of carbonyl (C=O) groups excluding carboxylic acids is 1. The van der Waals surface area contributed by atoms with Gasteiger partial charge in [-0.15, -0.1) is 11.3 Å². The average molecular weight is 412 g/mol. The lowest BCUT2D eigenvalue weighted by Gasteiger charge is -2.24. The van der Waals surface area contributed by atoms with Crippen molar-refractivity contribution in [1.82, 2.24) is 4.90 Å². The van der Waals surface area contributed by atoms with Crippen molar-refractivity contribution in [2.24, 2.45) is 5.92 Å². The number of ether oxygens (including phenoxy) is 1. The minimum atomic E-state index is -4.34. The molecule has 1 aliphatic carbocycles. The van der Waals surface area contributed by atoms with Crippen LogP contribution in [0, 0.1) is 5.92 Å². The molecule has 128 valence electrons. The van der Waals surface area contributed by atoms with E-state index in [1.54, 1.807) is 25.7 Å². The molecule has 0 saturated carbocycles. The van der Waals surface area contributed by atoms with Gasteiger partial charge in [-0.2, -0.15) is 13.2 Å². The number of halogens is 4. The predicted octanol–water partition coefficient (Wildman–Crippen LogP) is 5.04. The van der Waals surface area contributed by atoms with E-state index in [9.17, 15) is 18.0 Å². The SMILES string of the molecule is CC(C)(C)OC(=O)N1CC2Cc3c(sc(C(F)(F)F)c3Br)C2C1. The van der Waals surface area contributed by atoms with Crippen molar-refractivity contribution in [3.63, 3.8) is 0 Å². The summed E-state index contributed by atoms with van der Waals surface area (Å²) in [6, 6.07) is 0. The van der Waals surface area contributed by atoms with Crippen molar-refractivity contribution in [3.8, 4) is 0 Å². The molecule has 1 saturated heterocycles. The molecule has 1 aliphatic heterocycles. The Morgan fingerprint density at radius 1 is 1.30 bits per heavy atom. The van der Waals surface area contributed by atoms with E-state index < -0.39 is 16.7 Å². The first-order valence-electron chi connectivity index (χ1n) is 7.33. The van der Waals surface area contributed by atoms with Gasteiger partial charge in [0, 0.05) is 28.4 Å². The third-order valence-electron chi connectivity index (χ3n) is 4.13. The van der Waals surface area contributed by atoms with Gasteiger partial charge in [0.25, 0.3) is 0 Å². The lowest BCUT2D eigenvalue weighted by molar-refractivity contribution is -0.134. The van der Waals surface area contributed by atoms with Crippen LogP contribution in [0.2, 0.25) is 0 Å². The number of hydrogen-bond acceptors (Lipinski definition) is 3. The number of carbonyl (C=O) groups is 1. The zero-order valence-electron chi connectivity index (χ0n) is 13.0. The van der Waals surface area contributed by atoms with E-state index in [0.29, 0.717) is 19.5 Å². The van der Waals surface area contributed by atoms with Gasteiger partial charge >= 0.3 is 12.3 Å². The van der Waals surface area contributed by atoms with Crippen molar-refractivity contribution in [2.75, 3.05) is 13.1 Å². The first-order valence-corrected chi connectivity index (χ1v) is 8.94. The highest BCUT2D eigenvalue weighted by atomic mass is 79.9. The van der Waals surface area contributed by atoms with E-state index in [-0.39, 0.29) is 22.4 Å².